The van der Waals surface area contributed by atoms with Gasteiger partial charge in [-0.05, 0) is 48.4 Å². The molecule has 1 aliphatic heterocycles. The molecule has 2 N–H and O–H groups in total. The molecule has 1 heterocycles. The molecule has 0 radical (unpaired) electrons. The van der Waals surface area contributed by atoms with E-state index in [-0.39, 0.29) is 18.6 Å². The number of ether oxygens (including phenoxy) is 2. The molecule has 0 fully saturated rings. The number of nitrogens with one attached hydrogen (secondary N) is 2. The Bertz CT molecular complexity index is 756. The molecule has 6 nitrogen and oxygen atoms in total. The molecule has 0 aromatic heterocycles. The number of rotatable bonds is 5. The Hall–Kier alpha value is -3.02. The highest BCUT2D eigenvalue weighted by Gasteiger charge is 2.13. The summed E-state index contributed by atoms with van der Waals surface area (Å²) in [6.07, 6.45) is 0.968. The van der Waals surface area contributed by atoms with Gasteiger partial charge in [-0.2, -0.15) is 0 Å². The predicted molar refractivity (Wildman–Crippen MR) is 89.3 cm³/mol. The van der Waals surface area contributed by atoms with E-state index < -0.39 is 0 Å². The van der Waals surface area contributed by atoms with Gasteiger partial charge in [-0.1, -0.05) is 6.07 Å². The van der Waals surface area contributed by atoms with Gasteiger partial charge in [-0.3, -0.25) is 9.59 Å². The smallest absolute Gasteiger partial charge is 0.251 e. The summed E-state index contributed by atoms with van der Waals surface area (Å²) in [5, 5.41) is 5.37. The van der Waals surface area contributed by atoms with Crippen LogP contribution in [0.25, 0.3) is 0 Å². The minimum atomic E-state index is -0.157. The first-order chi connectivity index (χ1) is 11.7. The van der Waals surface area contributed by atoms with E-state index in [4.69, 9.17) is 9.47 Å². The van der Waals surface area contributed by atoms with E-state index in [2.05, 4.69) is 10.6 Å². The molecular formula is C18H18N2O4. The van der Waals surface area contributed by atoms with Crippen LogP contribution >= 0.6 is 0 Å². The predicted octanol–water partition coefficient (Wildman–Crippen LogP) is 2.35. The van der Waals surface area contributed by atoms with Crippen molar-refractivity contribution in [3.8, 4) is 11.5 Å². The topological polar surface area (TPSA) is 76.7 Å². The molecule has 0 saturated heterocycles. The molecule has 1 aliphatic rings. The average molecular weight is 326 g/mol. The van der Waals surface area contributed by atoms with Crippen LogP contribution in [0.5, 0.6) is 11.5 Å². The van der Waals surface area contributed by atoms with Crippen molar-refractivity contribution in [2.45, 2.75) is 12.8 Å². The van der Waals surface area contributed by atoms with Crippen molar-refractivity contribution in [3.63, 3.8) is 0 Å². The molecule has 0 aliphatic carbocycles. The van der Waals surface area contributed by atoms with Crippen molar-refractivity contribution < 1.29 is 19.1 Å². The van der Waals surface area contributed by atoms with Gasteiger partial charge in [0.25, 0.3) is 5.91 Å². The molecule has 2 amide bonds. The minimum absolute atomic E-state index is 0.0830. The van der Waals surface area contributed by atoms with Crippen LogP contribution in [0.15, 0.2) is 42.5 Å². The molecular weight excluding hydrogens is 308 g/mol. The number of benzene rings is 2. The van der Waals surface area contributed by atoms with Crippen LogP contribution < -0.4 is 20.1 Å². The van der Waals surface area contributed by atoms with Crippen LogP contribution in [0.2, 0.25) is 0 Å². The summed E-state index contributed by atoms with van der Waals surface area (Å²) in [4.78, 5) is 23.5. The van der Waals surface area contributed by atoms with Crippen molar-refractivity contribution in [2.24, 2.45) is 0 Å². The molecule has 0 unspecified atom stereocenters. The lowest BCUT2D eigenvalue weighted by Gasteiger charge is -2.07. The van der Waals surface area contributed by atoms with Gasteiger partial charge in [0.05, 0.1) is 0 Å². The highest BCUT2D eigenvalue weighted by atomic mass is 16.7. The number of hydrogen-bond acceptors (Lipinski definition) is 4. The first kappa shape index (κ1) is 15.9. The number of anilines is 1. The van der Waals surface area contributed by atoms with Crippen molar-refractivity contribution >= 4 is 17.5 Å². The van der Waals surface area contributed by atoms with Gasteiger partial charge in [-0.15, -0.1) is 0 Å². The fraction of sp³-hybridized carbons (Fsp3) is 0.222. The van der Waals surface area contributed by atoms with E-state index in [1.807, 2.05) is 18.2 Å². The van der Waals surface area contributed by atoms with E-state index in [9.17, 15) is 9.59 Å². The van der Waals surface area contributed by atoms with Gasteiger partial charge >= 0.3 is 0 Å². The lowest BCUT2D eigenvalue weighted by Crippen LogP contribution is -2.18. The summed E-state index contributed by atoms with van der Waals surface area (Å²) < 4.78 is 10.6. The van der Waals surface area contributed by atoms with E-state index in [0.717, 1.165) is 17.1 Å². The van der Waals surface area contributed by atoms with E-state index in [1.54, 1.807) is 31.3 Å². The number of amides is 2. The lowest BCUT2D eigenvalue weighted by molar-refractivity contribution is -0.116. The molecule has 0 bridgehead atoms. The first-order valence-electron chi connectivity index (χ1n) is 7.66. The number of hydrogen-bond donors (Lipinski definition) is 2. The summed E-state index contributed by atoms with van der Waals surface area (Å²) in [6, 6.07) is 12.4. The maximum atomic E-state index is 12.0. The van der Waals surface area contributed by atoms with Crippen LogP contribution in [-0.2, 0) is 11.2 Å². The molecule has 0 atom stereocenters. The van der Waals surface area contributed by atoms with Crippen LogP contribution in [0.1, 0.15) is 22.3 Å². The first-order valence-corrected chi connectivity index (χ1v) is 7.66. The fourth-order valence-electron chi connectivity index (χ4n) is 2.43. The Kier molecular flexibility index (Phi) is 4.65. The van der Waals surface area contributed by atoms with Gasteiger partial charge < -0.3 is 20.1 Å². The summed E-state index contributed by atoms with van der Waals surface area (Å²) in [5.74, 6) is 1.22. The third-order valence-corrected chi connectivity index (χ3v) is 3.74. The number of fused-ring (bicyclic) bond motifs is 1. The Balaban J connectivity index is 1.53. The number of aryl methyl sites for hydroxylation is 1. The van der Waals surface area contributed by atoms with E-state index >= 15 is 0 Å². The van der Waals surface area contributed by atoms with Gasteiger partial charge in [0.1, 0.15) is 0 Å². The second-order valence-electron chi connectivity index (χ2n) is 5.39. The average Bonchev–Trinajstić information content (AvgIpc) is 3.07. The van der Waals surface area contributed by atoms with Crippen LogP contribution in [-0.4, -0.2) is 25.7 Å². The van der Waals surface area contributed by atoms with Crippen LogP contribution in [0.3, 0.4) is 0 Å². The summed E-state index contributed by atoms with van der Waals surface area (Å²) in [5.41, 5.74) is 2.23. The Morgan fingerprint density at radius 1 is 1.04 bits per heavy atom. The molecule has 0 spiro atoms. The van der Waals surface area contributed by atoms with Crippen molar-refractivity contribution in [3.05, 3.63) is 53.6 Å². The largest absolute Gasteiger partial charge is 0.454 e. The maximum Gasteiger partial charge on any atom is 0.251 e. The second-order valence-corrected chi connectivity index (χ2v) is 5.39. The van der Waals surface area contributed by atoms with Crippen LogP contribution in [0, 0.1) is 0 Å². The number of carbonyl (C=O) groups is 2. The van der Waals surface area contributed by atoms with Crippen molar-refractivity contribution in [1.82, 2.24) is 5.32 Å². The van der Waals surface area contributed by atoms with Crippen LogP contribution in [0.4, 0.5) is 5.69 Å². The third kappa shape index (κ3) is 3.65. The van der Waals surface area contributed by atoms with Gasteiger partial charge in [0.2, 0.25) is 12.7 Å². The zero-order valence-corrected chi connectivity index (χ0v) is 13.3. The molecule has 124 valence electrons. The zero-order chi connectivity index (χ0) is 16.9. The lowest BCUT2D eigenvalue weighted by atomic mass is 10.1. The minimum Gasteiger partial charge on any atom is -0.454 e. The normalized spacial score (nSPS) is 11.9. The van der Waals surface area contributed by atoms with Gasteiger partial charge in [0, 0.05) is 24.7 Å². The molecule has 2 aromatic carbocycles. The highest BCUT2D eigenvalue weighted by Crippen LogP contribution is 2.32. The number of carbonyl (C=O) groups excluding carboxylic acids is 2. The van der Waals surface area contributed by atoms with Crippen molar-refractivity contribution in [2.75, 3.05) is 19.2 Å². The third-order valence-electron chi connectivity index (χ3n) is 3.74. The monoisotopic (exact) mass is 326 g/mol. The van der Waals surface area contributed by atoms with Crippen molar-refractivity contribution in [1.29, 1.82) is 0 Å². The fourth-order valence-corrected chi connectivity index (χ4v) is 2.43. The summed E-state index contributed by atoms with van der Waals surface area (Å²) in [7, 11) is 1.58. The molecule has 2 aromatic rings. The second kappa shape index (κ2) is 7.04. The molecule has 3 rings (SSSR count). The standard InChI is InChI=1S/C18H18N2O4/c1-19-18(22)13-4-6-14(7-5-13)20-17(21)9-3-12-2-8-15-16(10-12)24-11-23-15/h2,4-8,10H,3,9,11H2,1H3,(H,19,22)(H,20,21). The Labute approximate surface area is 139 Å². The van der Waals surface area contributed by atoms with Gasteiger partial charge in [0.15, 0.2) is 11.5 Å². The maximum absolute atomic E-state index is 12.0. The Morgan fingerprint density at radius 2 is 1.79 bits per heavy atom. The molecule has 0 saturated carbocycles. The van der Waals surface area contributed by atoms with E-state index in [1.165, 1.54) is 0 Å². The molecule has 24 heavy (non-hydrogen) atoms. The summed E-state index contributed by atoms with van der Waals surface area (Å²) in [6.45, 7) is 0.241. The highest BCUT2D eigenvalue weighted by molar-refractivity contribution is 5.95. The summed E-state index contributed by atoms with van der Waals surface area (Å²) >= 11 is 0. The SMILES string of the molecule is CNC(=O)c1ccc(NC(=O)CCc2ccc3c(c2)OCO3)cc1. The zero-order valence-electron chi connectivity index (χ0n) is 13.3. The molecule has 6 heteroatoms. The van der Waals surface area contributed by atoms with E-state index in [0.29, 0.717) is 24.1 Å². The Morgan fingerprint density at radius 3 is 2.54 bits per heavy atom. The van der Waals surface area contributed by atoms with Gasteiger partial charge in [-0.25, -0.2) is 0 Å². The quantitative estimate of drug-likeness (QED) is 0.884.